The molecule has 0 bridgehead atoms. The van der Waals surface area contributed by atoms with Gasteiger partial charge in [0, 0.05) is 87.8 Å². The largest absolute Gasteiger partial charge is 0.133 e. The van der Waals surface area contributed by atoms with Crippen LogP contribution in [0.4, 0.5) is 0 Å². The normalized spacial score (nSPS) is 11.8. The highest BCUT2D eigenvalue weighted by atomic mass is 79.9. The molecule has 0 aliphatic heterocycles. The van der Waals surface area contributed by atoms with E-state index >= 15 is 0 Å². The van der Waals surface area contributed by atoms with Gasteiger partial charge in [-0.15, -0.1) is 120 Å². The fourth-order valence-electron chi connectivity index (χ4n) is 16.5. The third-order valence-electron chi connectivity index (χ3n) is 23.2. The first-order valence-corrected chi connectivity index (χ1v) is 54.9. The Morgan fingerprint density at radius 3 is 0.522 bits per heavy atom. The SMILES string of the molecule is C#Cc1sc(-c2sc(-c3sc(-c4sc(-c5sc(-c6sc(-c7sc(-c8sc(-c9sc(-c%10sc(Br)cc%10CCCCCC)cc9CCCCCC)cc8CCCCCC)cc7CCCCCC)cc6CCCCCC)cc5CCCCCC)cc4CCCCCC)cc3CCCCCC)cc2CCCCCC)cc1CCCCCC. The highest BCUT2D eigenvalue weighted by molar-refractivity contribution is 9.11. The van der Waals surface area contributed by atoms with E-state index in [2.05, 4.69) is 242 Å². The van der Waals surface area contributed by atoms with Crippen LogP contribution in [0.1, 0.15) is 387 Å². The van der Waals surface area contributed by atoms with Gasteiger partial charge in [0.15, 0.2) is 0 Å². The van der Waals surface area contributed by atoms with Crippen molar-refractivity contribution in [2.75, 3.05) is 0 Å². The molecule has 10 aromatic rings. The van der Waals surface area contributed by atoms with Crippen LogP contribution in [-0.4, -0.2) is 0 Å². The molecule has 0 atom stereocenters. The smallest absolute Gasteiger partial charge is 0.0804 e. The molecule has 0 saturated carbocycles. The molecule has 11 heteroatoms. The number of unbranched alkanes of at least 4 members (excludes halogenated alkanes) is 30. The summed E-state index contributed by atoms with van der Waals surface area (Å²) in [5.74, 6) is 3.17. The predicted molar refractivity (Wildman–Crippen MR) is 528 cm³/mol. The quantitative estimate of drug-likeness (QED) is 0.0263. The van der Waals surface area contributed by atoms with Gasteiger partial charge in [0.2, 0.25) is 0 Å². The lowest BCUT2D eigenvalue weighted by molar-refractivity contribution is 0.667. The second kappa shape index (κ2) is 51.0. The van der Waals surface area contributed by atoms with Crippen LogP contribution in [0, 0.1) is 12.3 Å². The molecule has 0 saturated heterocycles. The van der Waals surface area contributed by atoms with Crippen molar-refractivity contribution < 1.29 is 0 Å². The lowest BCUT2D eigenvalue weighted by atomic mass is 10.0. The van der Waals surface area contributed by atoms with Gasteiger partial charge in [-0.25, -0.2) is 0 Å². The Morgan fingerprint density at radius 2 is 0.345 bits per heavy atom. The molecule has 10 rings (SSSR count). The van der Waals surface area contributed by atoms with Gasteiger partial charge in [-0.1, -0.05) is 268 Å². The van der Waals surface area contributed by atoms with E-state index in [0.29, 0.717) is 0 Å². The Balaban J connectivity index is 1.08. The molecule has 0 spiro atoms. The van der Waals surface area contributed by atoms with Gasteiger partial charge >= 0.3 is 0 Å². The highest BCUT2D eigenvalue weighted by Gasteiger charge is 2.28. The minimum absolute atomic E-state index is 1.09. The number of rotatable bonds is 59. The van der Waals surface area contributed by atoms with Crippen LogP contribution < -0.4 is 0 Å². The van der Waals surface area contributed by atoms with Crippen LogP contribution in [0.2, 0.25) is 0 Å². The van der Waals surface area contributed by atoms with E-state index in [1.165, 1.54) is 331 Å². The number of thiophene rings is 10. The monoisotopic (exact) mass is 1760 g/mol. The third kappa shape index (κ3) is 27.0. The van der Waals surface area contributed by atoms with Crippen molar-refractivity contribution in [3.63, 3.8) is 0 Å². The zero-order valence-electron chi connectivity index (χ0n) is 71.7. The summed E-state index contributed by atoms with van der Waals surface area (Å²) in [7, 11) is 0. The maximum atomic E-state index is 6.36. The van der Waals surface area contributed by atoms with Gasteiger partial charge in [-0.05, 0) is 261 Å². The topological polar surface area (TPSA) is 0 Å². The number of hydrogen-bond donors (Lipinski definition) is 0. The molecule has 0 unspecified atom stereocenters. The summed E-state index contributed by atoms with van der Waals surface area (Å²) in [6.07, 6.45) is 69.0. The molecule has 0 nitrogen and oxygen atoms in total. The van der Waals surface area contributed by atoms with E-state index in [4.69, 9.17) is 6.42 Å². The fraction of sp³-hybridized carbons (Fsp3) is 0.588. The van der Waals surface area contributed by atoms with Crippen molar-refractivity contribution >= 4 is 129 Å². The van der Waals surface area contributed by atoms with E-state index in [-0.39, 0.29) is 0 Å². The average Bonchev–Trinajstić information content (AvgIpc) is 1.62. The van der Waals surface area contributed by atoms with Crippen LogP contribution in [0.5, 0.6) is 0 Å². The van der Waals surface area contributed by atoms with Crippen molar-refractivity contribution in [2.45, 2.75) is 390 Å². The molecule has 10 heterocycles. The molecule has 0 radical (unpaired) electrons. The van der Waals surface area contributed by atoms with Crippen molar-refractivity contribution in [1.29, 1.82) is 0 Å². The van der Waals surface area contributed by atoms with Gasteiger partial charge in [0.25, 0.3) is 0 Å². The molecule has 113 heavy (non-hydrogen) atoms. The minimum atomic E-state index is 1.09. The Morgan fingerprint density at radius 1 is 0.195 bits per heavy atom. The Kier molecular flexibility index (Phi) is 41.6. The van der Waals surface area contributed by atoms with Crippen LogP contribution in [0.15, 0.2) is 64.5 Å². The first kappa shape index (κ1) is 92.3. The number of halogens is 1. The second-order valence-electron chi connectivity index (χ2n) is 32.8. The molecule has 0 aliphatic rings. The Bertz CT molecular complexity index is 4390. The summed E-state index contributed by atoms with van der Waals surface area (Å²) in [5.41, 5.74) is 15.6. The molecule has 0 N–H and O–H groups in total. The summed E-state index contributed by atoms with van der Waals surface area (Å²) in [5, 5.41) is 0. The number of aryl methyl sites for hydroxylation is 10. The zero-order chi connectivity index (χ0) is 79.5. The van der Waals surface area contributed by atoms with Gasteiger partial charge in [-0.3, -0.25) is 0 Å². The van der Waals surface area contributed by atoms with Crippen molar-refractivity contribution in [3.8, 4) is 100 Å². The van der Waals surface area contributed by atoms with E-state index in [0.717, 1.165) is 62.7 Å². The summed E-state index contributed by atoms with van der Waals surface area (Å²) in [6, 6.07) is 26.6. The molecule has 0 fully saturated rings. The Labute approximate surface area is 737 Å². The van der Waals surface area contributed by atoms with Crippen LogP contribution in [0.25, 0.3) is 87.8 Å². The molecule has 0 amide bonds. The summed E-state index contributed by atoms with van der Waals surface area (Å²) < 4.78 is 1.27. The van der Waals surface area contributed by atoms with Crippen molar-refractivity contribution in [1.82, 2.24) is 0 Å². The molecule has 0 aromatic carbocycles. The van der Waals surface area contributed by atoms with Crippen LogP contribution >= 0.6 is 129 Å². The van der Waals surface area contributed by atoms with Crippen molar-refractivity contribution in [3.05, 3.63) is 125 Å². The highest BCUT2D eigenvalue weighted by Crippen LogP contribution is 2.56. The maximum absolute atomic E-state index is 6.36. The van der Waals surface area contributed by atoms with Gasteiger partial charge < -0.3 is 0 Å². The van der Waals surface area contributed by atoms with Gasteiger partial charge in [-0.2, -0.15) is 0 Å². The lowest BCUT2D eigenvalue weighted by Crippen LogP contribution is -1.87. The maximum Gasteiger partial charge on any atom is 0.0804 e. The number of terminal acetylenes is 1. The molecular weight excluding hydrogens is 1630 g/mol. The van der Waals surface area contributed by atoms with Gasteiger partial charge in [0.1, 0.15) is 0 Å². The Hall–Kier alpha value is -2.96. The molecular formula is C102H141BrS10. The van der Waals surface area contributed by atoms with E-state index < -0.39 is 0 Å². The summed E-state index contributed by atoms with van der Waals surface area (Å²) in [4.78, 5) is 28.4. The third-order valence-corrected chi connectivity index (χ3v) is 37.0. The van der Waals surface area contributed by atoms with Crippen LogP contribution in [0.3, 0.4) is 0 Å². The van der Waals surface area contributed by atoms with Crippen molar-refractivity contribution in [2.24, 2.45) is 0 Å². The predicted octanol–water partition coefficient (Wildman–Crippen LogP) is 39.3. The zero-order valence-corrected chi connectivity index (χ0v) is 81.4. The second-order valence-corrected chi connectivity index (χ2v) is 44.7. The van der Waals surface area contributed by atoms with E-state index in [1.54, 1.807) is 79.3 Å². The standard InChI is InChI=1S/C102H141BrS10/c1-12-23-33-43-53-73-63-84(104-83(73)22-11)94-74(54-44-34-24-13-2)64-85(105-94)95-75(55-45-35-25-14-3)65-86(106-95)96-76(56-46-36-26-15-4)66-87(107-96)97-77(57-47-37-27-16-5)67-88(108-97)98-78(58-48-38-28-17-6)68-89(109-98)99-79(59-49-39-29-18-7)69-90(110-99)100-80(60-50-40-30-19-8)70-91(111-100)101-81(61-51-41-31-20-9)71-92(112-101)102-82(72-93(103)113-102)62-52-42-32-21-10/h11,63-72H,12-21,23-62H2,1-10H3. The molecule has 10 aromatic heterocycles. The molecule has 0 aliphatic carbocycles. The lowest BCUT2D eigenvalue weighted by Gasteiger charge is -2.02. The average molecular weight is 1770 g/mol. The van der Waals surface area contributed by atoms with Gasteiger partial charge in [0.05, 0.1) is 8.66 Å². The summed E-state index contributed by atoms with van der Waals surface area (Å²) >= 11 is 25.0. The first-order valence-electron chi connectivity index (χ1n) is 45.9. The first-order chi connectivity index (χ1) is 55.5. The number of hydrogen-bond acceptors (Lipinski definition) is 10. The molecule has 616 valence electrons. The fourth-order valence-corrected chi connectivity index (χ4v) is 30.2. The summed E-state index contributed by atoms with van der Waals surface area (Å²) in [6.45, 7) is 23.6. The van der Waals surface area contributed by atoms with E-state index in [9.17, 15) is 0 Å². The minimum Gasteiger partial charge on any atom is -0.133 e. The van der Waals surface area contributed by atoms with Crippen LogP contribution in [-0.2, 0) is 64.2 Å². The van der Waals surface area contributed by atoms with E-state index in [1.807, 2.05) is 22.7 Å².